The van der Waals surface area contributed by atoms with Gasteiger partial charge in [-0.2, -0.15) is 0 Å². The van der Waals surface area contributed by atoms with E-state index >= 15 is 0 Å². The Balaban J connectivity index is 1.72. The van der Waals surface area contributed by atoms with Crippen LogP contribution in [0.1, 0.15) is 64.2 Å². The number of carbonyl (C=O) groups is 1. The van der Waals surface area contributed by atoms with Gasteiger partial charge >= 0.3 is 0 Å². The van der Waals surface area contributed by atoms with Crippen LogP contribution in [0.15, 0.2) is 0 Å². The summed E-state index contributed by atoms with van der Waals surface area (Å²) in [5.74, 6) is 1.58. The number of carbonyl (C=O) groups excluding carboxylic acids is 1. The summed E-state index contributed by atoms with van der Waals surface area (Å²) in [4.78, 5) is 13.3. The summed E-state index contributed by atoms with van der Waals surface area (Å²) in [7, 11) is 0. The number of rotatable bonds is 5. The summed E-state index contributed by atoms with van der Waals surface area (Å²) in [6.45, 7) is 2.06. The van der Waals surface area contributed by atoms with Gasteiger partial charge in [0.05, 0.1) is 0 Å². The van der Waals surface area contributed by atoms with Crippen molar-refractivity contribution in [2.24, 2.45) is 11.8 Å². The first-order chi connectivity index (χ1) is 8.38. The zero-order valence-corrected chi connectivity index (χ0v) is 11.1. The minimum Gasteiger partial charge on any atom is -0.345 e. The molecular weight excluding hydrogens is 210 g/mol. The summed E-state index contributed by atoms with van der Waals surface area (Å²) in [5, 5.41) is 0. The number of hydrogen-bond acceptors (Lipinski definition) is 1. The molecule has 0 unspecified atom stereocenters. The van der Waals surface area contributed by atoms with E-state index < -0.39 is 0 Å². The van der Waals surface area contributed by atoms with Crippen LogP contribution in [0.4, 0.5) is 0 Å². The molecule has 1 amide bonds. The van der Waals surface area contributed by atoms with E-state index in [4.69, 9.17) is 0 Å². The molecular formula is C15H27NO. The second kappa shape index (κ2) is 7.03. The molecule has 0 aromatic rings. The zero-order valence-electron chi connectivity index (χ0n) is 11.1. The second-order valence-corrected chi connectivity index (χ2v) is 6.07. The quantitative estimate of drug-likeness (QED) is 0.669. The fourth-order valence-electron chi connectivity index (χ4n) is 3.56. The first-order valence-corrected chi connectivity index (χ1v) is 7.58. The van der Waals surface area contributed by atoms with E-state index in [1.807, 2.05) is 0 Å². The molecule has 0 aromatic carbocycles. The van der Waals surface area contributed by atoms with E-state index in [0.29, 0.717) is 0 Å². The SMILES string of the molecule is O=CN(CC1CCCCC1)CC1CCCCC1. The smallest absolute Gasteiger partial charge is 0.209 e. The van der Waals surface area contributed by atoms with Crippen molar-refractivity contribution in [1.29, 1.82) is 0 Å². The molecule has 2 saturated carbocycles. The Morgan fingerprint density at radius 3 is 1.53 bits per heavy atom. The third-order valence-corrected chi connectivity index (χ3v) is 4.58. The van der Waals surface area contributed by atoms with Crippen molar-refractivity contribution in [2.75, 3.05) is 13.1 Å². The molecule has 0 N–H and O–H groups in total. The Morgan fingerprint density at radius 2 is 1.18 bits per heavy atom. The van der Waals surface area contributed by atoms with Crippen LogP contribution in [0, 0.1) is 11.8 Å². The Bertz CT molecular complexity index is 197. The minimum absolute atomic E-state index is 0.789. The topological polar surface area (TPSA) is 20.3 Å². The van der Waals surface area contributed by atoms with Gasteiger partial charge in [0.1, 0.15) is 0 Å². The monoisotopic (exact) mass is 237 g/mol. The third-order valence-electron chi connectivity index (χ3n) is 4.58. The first kappa shape index (κ1) is 12.9. The van der Waals surface area contributed by atoms with Crippen molar-refractivity contribution in [3.05, 3.63) is 0 Å². The average molecular weight is 237 g/mol. The van der Waals surface area contributed by atoms with E-state index in [9.17, 15) is 4.79 Å². The van der Waals surface area contributed by atoms with Crippen LogP contribution in [-0.4, -0.2) is 24.4 Å². The lowest BCUT2D eigenvalue weighted by atomic mass is 9.87. The molecule has 17 heavy (non-hydrogen) atoms. The predicted molar refractivity (Wildman–Crippen MR) is 70.8 cm³/mol. The van der Waals surface area contributed by atoms with Gasteiger partial charge in [-0.05, 0) is 37.5 Å². The van der Waals surface area contributed by atoms with Crippen LogP contribution in [0.5, 0.6) is 0 Å². The van der Waals surface area contributed by atoms with Gasteiger partial charge in [0.2, 0.25) is 6.41 Å². The number of amides is 1. The molecule has 0 spiro atoms. The fourth-order valence-corrected chi connectivity index (χ4v) is 3.56. The molecule has 98 valence electrons. The molecule has 2 rings (SSSR count). The highest BCUT2D eigenvalue weighted by molar-refractivity contribution is 5.47. The zero-order chi connectivity index (χ0) is 11.9. The fraction of sp³-hybridized carbons (Fsp3) is 0.933. The van der Waals surface area contributed by atoms with Gasteiger partial charge in [-0.3, -0.25) is 4.79 Å². The van der Waals surface area contributed by atoms with Crippen LogP contribution in [-0.2, 0) is 4.79 Å². The highest BCUT2D eigenvalue weighted by atomic mass is 16.1. The molecule has 2 heteroatoms. The summed E-state index contributed by atoms with van der Waals surface area (Å²) >= 11 is 0. The van der Waals surface area contributed by atoms with Gasteiger partial charge in [-0.15, -0.1) is 0 Å². The average Bonchev–Trinajstić information content (AvgIpc) is 2.40. The maximum atomic E-state index is 11.2. The minimum atomic E-state index is 0.789. The van der Waals surface area contributed by atoms with Gasteiger partial charge in [-0.1, -0.05) is 38.5 Å². The molecule has 2 aliphatic carbocycles. The van der Waals surface area contributed by atoms with Gasteiger partial charge in [0.15, 0.2) is 0 Å². The molecule has 0 aromatic heterocycles. The maximum absolute atomic E-state index is 11.2. The summed E-state index contributed by atoms with van der Waals surface area (Å²) in [5.41, 5.74) is 0. The second-order valence-electron chi connectivity index (χ2n) is 6.07. The van der Waals surface area contributed by atoms with Crippen molar-refractivity contribution in [2.45, 2.75) is 64.2 Å². The lowest BCUT2D eigenvalue weighted by Crippen LogP contribution is -2.34. The normalized spacial score (nSPS) is 23.5. The van der Waals surface area contributed by atoms with Crippen LogP contribution < -0.4 is 0 Å². The molecule has 0 radical (unpaired) electrons. The van der Waals surface area contributed by atoms with E-state index in [1.54, 1.807) is 0 Å². The van der Waals surface area contributed by atoms with Crippen molar-refractivity contribution < 1.29 is 4.79 Å². The van der Waals surface area contributed by atoms with E-state index in [-0.39, 0.29) is 0 Å². The first-order valence-electron chi connectivity index (χ1n) is 7.58. The van der Waals surface area contributed by atoms with Crippen LogP contribution in [0.25, 0.3) is 0 Å². The van der Waals surface area contributed by atoms with Gasteiger partial charge in [0, 0.05) is 13.1 Å². The Kier molecular flexibility index (Phi) is 5.34. The Morgan fingerprint density at radius 1 is 0.765 bits per heavy atom. The van der Waals surface area contributed by atoms with Crippen LogP contribution in [0.3, 0.4) is 0 Å². The molecule has 0 atom stereocenters. The highest BCUT2D eigenvalue weighted by Crippen LogP contribution is 2.27. The van der Waals surface area contributed by atoms with Crippen molar-refractivity contribution in [1.82, 2.24) is 4.90 Å². The van der Waals surface area contributed by atoms with E-state index in [1.165, 1.54) is 64.2 Å². The van der Waals surface area contributed by atoms with Crippen molar-refractivity contribution >= 4 is 6.41 Å². The van der Waals surface area contributed by atoms with E-state index in [2.05, 4.69) is 4.90 Å². The van der Waals surface area contributed by atoms with Crippen molar-refractivity contribution in [3.8, 4) is 0 Å². The maximum Gasteiger partial charge on any atom is 0.209 e. The van der Waals surface area contributed by atoms with Crippen molar-refractivity contribution in [3.63, 3.8) is 0 Å². The van der Waals surface area contributed by atoms with Crippen LogP contribution >= 0.6 is 0 Å². The number of nitrogens with zero attached hydrogens (tertiary/aromatic N) is 1. The van der Waals surface area contributed by atoms with Crippen LogP contribution in [0.2, 0.25) is 0 Å². The number of hydrogen-bond donors (Lipinski definition) is 0. The molecule has 0 heterocycles. The van der Waals surface area contributed by atoms with Gasteiger partial charge in [-0.25, -0.2) is 0 Å². The Labute approximate surface area is 106 Å². The molecule has 0 bridgehead atoms. The lowest BCUT2D eigenvalue weighted by Gasteiger charge is -2.31. The predicted octanol–water partition coefficient (Wildman–Crippen LogP) is 3.61. The third kappa shape index (κ3) is 4.33. The van der Waals surface area contributed by atoms with Gasteiger partial charge in [0.25, 0.3) is 0 Å². The standard InChI is InChI=1S/C15H27NO/c17-13-16(11-14-7-3-1-4-8-14)12-15-9-5-2-6-10-15/h13-15H,1-12H2. The largest absolute Gasteiger partial charge is 0.345 e. The molecule has 2 aliphatic rings. The Hall–Kier alpha value is -0.530. The summed E-state index contributed by atoms with van der Waals surface area (Å²) in [6.07, 6.45) is 14.8. The molecule has 2 fully saturated rings. The summed E-state index contributed by atoms with van der Waals surface area (Å²) in [6, 6.07) is 0. The van der Waals surface area contributed by atoms with Gasteiger partial charge < -0.3 is 4.90 Å². The molecule has 0 saturated heterocycles. The molecule has 2 nitrogen and oxygen atoms in total. The lowest BCUT2D eigenvalue weighted by molar-refractivity contribution is -0.119. The van der Waals surface area contributed by atoms with E-state index in [0.717, 1.165) is 31.3 Å². The summed E-state index contributed by atoms with van der Waals surface area (Å²) < 4.78 is 0. The molecule has 0 aliphatic heterocycles. The highest BCUT2D eigenvalue weighted by Gasteiger charge is 2.20.